The molecule has 2 heterocycles. The van der Waals surface area contributed by atoms with Crippen molar-refractivity contribution in [3.8, 4) is 10.6 Å². The smallest absolute Gasteiger partial charge is 0.350 e. The van der Waals surface area contributed by atoms with Gasteiger partial charge in [-0.25, -0.2) is 14.6 Å². The lowest BCUT2D eigenvalue weighted by molar-refractivity contribution is -0.146. The number of esters is 2. The number of carbonyl (C=O) groups excluding carboxylic acids is 2. The second-order valence-corrected chi connectivity index (χ2v) is 5.61. The van der Waals surface area contributed by atoms with Crippen LogP contribution in [-0.4, -0.2) is 30.1 Å². The molecule has 20 heavy (non-hydrogen) atoms. The number of hydrogen-bond donors (Lipinski definition) is 0. The van der Waals surface area contributed by atoms with E-state index in [-0.39, 0.29) is 13.2 Å². The summed E-state index contributed by atoms with van der Waals surface area (Å²) in [6, 6.07) is 1.94. The van der Waals surface area contributed by atoms with Gasteiger partial charge >= 0.3 is 11.9 Å². The van der Waals surface area contributed by atoms with Crippen LogP contribution in [0.5, 0.6) is 0 Å². The van der Waals surface area contributed by atoms with Gasteiger partial charge in [-0.05, 0) is 25.3 Å². The van der Waals surface area contributed by atoms with Crippen LogP contribution in [0.3, 0.4) is 0 Å². The number of hydrogen-bond acceptors (Lipinski definition) is 7. The summed E-state index contributed by atoms with van der Waals surface area (Å²) in [7, 11) is 0. The molecule has 106 valence electrons. The lowest BCUT2D eigenvalue weighted by atomic mass is 10.3. The van der Waals surface area contributed by atoms with E-state index in [0.29, 0.717) is 10.6 Å². The molecule has 0 spiro atoms. The first-order valence-electron chi connectivity index (χ1n) is 5.94. The van der Waals surface area contributed by atoms with Gasteiger partial charge < -0.3 is 9.47 Å². The third-order valence-electron chi connectivity index (χ3n) is 2.38. The monoisotopic (exact) mass is 311 g/mol. The number of nitrogens with zero attached hydrogens (tertiary/aromatic N) is 1. The average Bonchev–Trinajstić information content (AvgIpc) is 3.05. The summed E-state index contributed by atoms with van der Waals surface area (Å²) in [5.41, 5.74) is 1.58. The van der Waals surface area contributed by atoms with Gasteiger partial charge in [-0.3, -0.25) is 0 Å². The fourth-order valence-corrected chi connectivity index (χ4v) is 3.16. The van der Waals surface area contributed by atoms with Crippen molar-refractivity contribution in [2.45, 2.75) is 13.8 Å². The Morgan fingerprint density at radius 2 is 2.15 bits per heavy atom. The van der Waals surface area contributed by atoms with Crippen LogP contribution >= 0.6 is 22.7 Å². The molecule has 0 atom stereocenters. The van der Waals surface area contributed by atoms with Crippen molar-refractivity contribution in [2.75, 3.05) is 13.2 Å². The number of carbonyl (C=O) groups is 2. The summed E-state index contributed by atoms with van der Waals surface area (Å²) >= 11 is 2.83. The minimum atomic E-state index is -0.555. The fraction of sp³-hybridized carbons (Fsp3) is 0.308. The lowest BCUT2D eigenvalue weighted by Gasteiger charge is -2.03. The SMILES string of the molecule is CCOC(=O)COC(=O)c1sc(-c2ccsc2)nc1C. The quantitative estimate of drug-likeness (QED) is 0.794. The van der Waals surface area contributed by atoms with Crippen LogP contribution < -0.4 is 0 Å². The number of aryl methyl sites for hydroxylation is 1. The molecule has 0 bridgehead atoms. The van der Waals surface area contributed by atoms with Crippen LogP contribution in [0.4, 0.5) is 0 Å². The summed E-state index contributed by atoms with van der Waals surface area (Å²) in [5, 5.41) is 4.68. The summed E-state index contributed by atoms with van der Waals surface area (Å²) < 4.78 is 9.61. The Labute approximate surface area is 124 Å². The van der Waals surface area contributed by atoms with Gasteiger partial charge in [0.2, 0.25) is 0 Å². The first-order chi connectivity index (χ1) is 9.61. The van der Waals surface area contributed by atoms with Crippen molar-refractivity contribution < 1.29 is 19.1 Å². The molecule has 0 fully saturated rings. The standard InChI is InChI=1S/C13H13NO4S2/c1-3-17-10(15)6-18-13(16)11-8(2)14-12(20-11)9-4-5-19-7-9/h4-5,7H,3,6H2,1-2H3. The Morgan fingerprint density at radius 3 is 2.80 bits per heavy atom. The number of thiophene rings is 1. The van der Waals surface area contributed by atoms with E-state index in [0.717, 1.165) is 10.6 Å². The number of thiazole rings is 1. The maximum Gasteiger partial charge on any atom is 0.350 e. The highest BCUT2D eigenvalue weighted by Gasteiger charge is 2.19. The summed E-state index contributed by atoms with van der Waals surface area (Å²) in [4.78, 5) is 27.8. The molecule has 0 saturated carbocycles. The predicted octanol–water partition coefficient (Wildman–Crippen LogP) is 2.90. The van der Waals surface area contributed by atoms with Gasteiger partial charge in [0.05, 0.1) is 12.3 Å². The Hall–Kier alpha value is -1.73. The number of aromatic nitrogens is 1. The van der Waals surface area contributed by atoms with E-state index < -0.39 is 11.9 Å². The molecule has 0 saturated heterocycles. The third-order valence-corrected chi connectivity index (χ3v) is 4.25. The second-order valence-electron chi connectivity index (χ2n) is 3.83. The second kappa shape index (κ2) is 6.62. The van der Waals surface area contributed by atoms with Gasteiger partial charge in [0.1, 0.15) is 9.88 Å². The zero-order valence-corrected chi connectivity index (χ0v) is 12.7. The van der Waals surface area contributed by atoms with Crippen LogP contribution in [0.2, 0.25) is 0 Å². The Morgan fingerprint density at radius 1 is 1.35 bits per heavy atom. The molecular weight excluding hydrogens is 298 g/mol. The highest BCUT2D eigenvalue weighted by molar-refractivity contribution is 7.17. The molecule has 7 heteroatoms. The van der Waals surface area contributed by atoms with E-state index in [1.165, 1.54) is 11.3 Å². The third kappa shape index (κ3) is 3.43. The molecule has 0 aromatic carbocycles. The first-order valence-corrected chi connectivity index (χ1v) is 7.70. The van der Waals surface area contributed by atoms with Crippen molar-refractivity contribution in [2.24, 2.45) is 0 Å². The number of rotatable bonds is 5. The van der Waals surface area contributed by atoms with Crippen molar-refractivity contribution in [3.63, 3.8) is 0 Å². The van der Waals surface area contributed by atoms with Crippen molar-refractivity contribution in [1.82, 2.24) is 4.98 Å². The van der Waals surface area contributed by atoms with Crippen LogP contribution in [0, 0.1) is 6.92 Å². The maximum atomic E-state index is 11.9. The Balaban J connectivity index is 2.05. The zero-order chi connectivity index (χ0) is 14.5. The molecule has 2 aromatic heterocycles. The predicted molar refractivity (Wildman–Crippen MR) is 77.1 cm³/mol. The van der Waals surface area contributed by atoms with E-state index in [4.69, 9.17) is 9.47 Å². The highest BCUT2D eigenvalue weighted by atomic mass is 32.1. The highest BCUT2D eigenvalue weighted by Crippen LogP contribution is 2.29. The van der Waals surface area contributed by atoms with Crippen molar-refractivity contribution in [3.05, 3.63) is 27.4 Å². The van der Waals surface area contributed by atoms with E-state index in [1.54, 1.807) is 25.2 Å². The molecule has 0 amide bonds. The Bertz CT molecular complexity index is 604. The molecule has 0 aliphatic heterocycles. The molecular formula is C13H13NO4S2. The summed E-state index contributed by atoms with van der Waals surface area (Å²) in [6.45, 7) is 3.32. The summed E-state index contributed by atoms with van der Waals surface area (Å²) in [6.07, 6.45) is 0. The molecule has 5 nitrogen and oxygen atoms in total. The lowest BCUT2D eigenvalue weighted by Crippen LogP contribution is -2.16. The van der Waals surface area contributed by atoms with Gasteiger partial charge in [-0.2, -0.15) is 11.3 Å². The van der Waals surface area contributed by atoms with Gasteiger partial charge in [-0.1, -0.05) is 0 Å². The van der Waals surface area contributed by atoms with Crippen LogP contribution in [-0.2, 0) is 14.3 Å². The minimum absolute atomic E-state index is 0.262. The van der Waals surface area contributed by atoms with Crippen LogP contribution in [0.25, 0.3) is 10.6 Å². The van der Waals surface area contributed by atoms with Crippen molar-refractivity contribution >= 4 is 34.6 Å². The molecule has 0 N–H and O–H groups in total. The van der Waals surface area contributed by atoms with Crippen LogP contribution in [0.1, 0.15) is 22.3 Å². The largest absolute Gasteiger partial charge is 0.463 e. The van der Waals surface area contributed by atoms with Crippen molar-refractivity contribution in [1.29, 1.82) is 0 Å². The van der Waals surface area contributed by atoms with E-state index in [1.807, 2.05) is 16.8 Å². The minimum Gasteiger partial charge on any atom is -0.463 e. The zero-order valence-electron chi connectivity index (χ0n) is 11.0. The van der Waals surface area contributed by atoms with E-state index in [2.05, 4.69) is 4.98 Å². The molecule has 0 radical (unpaired) electrons. The average molecular weight is 311 g/mol. The maximum absolute atomic E-state index is 11.9. The first kappa shape index (κ1) is 14.7. The van der Waals surface area contributed by atoms with Gasteiger partial charge in [0.15, 0.2) is 6.61 Å². The molecule has 0 aliphatic rings. The van der Waals surface area contributed by atoms with Gasteiger partial charge in [-0.15, -0.1) is 11.3 Å². The summed E-state index contributed by atoms with van der Waals surface area (Å²) in [5.74, 6) is -1.10. The van der Waals surface area contributed by atoms with E-state index in [9.17, 15) is 9.59 Å². The topological polar surface area (TPSA) is 65.5 Å². The molecule has 0 aliphatic carbocycles. The number of ether oxygens (including phenoxy) is 2. The van der Waals surface area contributed by atoms with Gasteiger partial charge in [0.25, 0.3) is 0 Å². The Kier molecular flexibility index (Phi) is 4.86. The molecule has 0 unspecified atom stereocenters. The molecule has 2 aromatic rings. The van der Waals surface area contributed by atoms with E-state index >= 15 is 0 Å². The normalized spacial score (nSPS) is 10.3. The van der Waals surface area contributed by atoms with Crippen LogP contribution in [0.15, 0.2) is 16.8 Å². The fourth-order valence-electron chi connectivity index (χ4n) is 1.49. The molecule has 2 rings (SSSR count). The van der Waals surface area contributed by atoms with Gasteiger partial charge in [0, 0.05) is 10.9 Å².